The van der Waals surface area contributed by atoms with Crippen LogP contribution in [0.2, 0.25) is 5.02 Å². The van der Waals surface area contributed by atoms with Crippen molar-refractivity contribution in [1.29, 1.82) is 0 Å². The number of phenolic OH excluding ortho intramolecular Hbond substituents is 1. The number of amides is 1. The highest BCUT2D eigenvalue weighted by molar-refractivity contribution is 6.30. The van der Waals surface area contributed by atoms with Crippen LogP contribution in [0.4, 0.5) is 0 Å². The zero-order valence-electron chi connectivity index (χ0n) is 26.2. The molecule has 1 aromatic heterocycles. The second-order valence-corrected chi connectivity index (χ2v) is 11.7. The third-order valence-electron chi connectivity index (χ3n) is 7.73. The van der Waals surface area contributed by atoms with Crippen molar-refractivity contribution in [2.45, 2.75) is 19.8 Å². The summed E-state index contributed by atoms with van der Waals surface area (Å²) in [6, 6.07) is 29.9. The van der Waals surface area contributed by atoms with E-state index in [0.717, 1.165) is 35.5 Å². The number of hydrazone groups is 1. The molecule has 0 aliphatic carbocycles. The van der Waals surface area contributed by atoms with Gasteiger partial charge in [0.15, 0.2) is 0 Å². The Hall–Kier alpha value is -5.23. The van der Waals surface area contributed by atoms with E-state index in [-0.39, 0.29) is 18.2 Å². The molecule has 0 bridgehead atoms. The van der Waals surface area contributed by atoms with Gasteiger partial charge in [-0.2, -0.15) is 10.1 Å². The van der Waals surface area contributed by atoms with Gasteiger partial charge in [0.25, 0.3) is 5.91 Å². The van der Waals surface area contributed by atoms with Gasteiger partial charge in [-0.25, -0.2) is 5.43 Å². The standard InChI is InChI=1S/C36H35ClN6O5/c37-30-11-14-31(15-12-30)46-25-27-6-8-28(9-7-27)36-39-35(48-41-36)23-43-18-16-42(17-19-43)22-34(45)40-38-21-29-10-13-32(20-33(29)44)47-24-26-4-2-1-3-5-26/h1-15,20-21,44H,16-19,22-25H2,(H,40,45). The Morgan fingerprint density at radius 3 is 2.27 bits per heavy atom. The van der Waals surface area contributed by atoms with E-state index < -0.39 is 0 Å². The molecule has 2 N–H and O–H groups in total. The summed E-state index contributed by atoms with van der Waals surface area (Å²) >= 11 is 5.93. The molecular formula is C36H35ClN6O5. The molecule has 5 aromatic rings. The van der Waals surface area contributed by atoms with Crippen LogP contribution in [0.5, 0.6) is 17.2 Å². The van der Waals surface area contributed by atoms with Gasteiger partial charge >= 0.3 is 0 Å². The lowest BCUT2D eigenvalue weighted by atomic mass is 10.1. The van der Waals surface area contributed by atoms with Crippen molar-refractivity contribution in [1.82, 2.24) is 25.4 Å². The zero-order chi connectivity index (χ0) is 33.1. The van der Waals surface area contributed by atoms with Gasteiger partial charge in [-0.15, -0.1) is 0 Å². The number of hydrogen-bond acceptors (Lipinski definition) is 10. The van der Waals surface area contributed by atoms with Crippen LogP contribution in [-0.2, 0) is 24.6 Å². The van der Waals surface area contributed by atoms with E-state index in [0.29, 0.717) is 60.9 Å². The fourth-order valence-corrected chi connectivity index (χ4v) is 5.18. The molecule has 0 saturated carbocycles. The SMILES string of the molecule is O=C(CN1CCN(Cc2nc(-c3ccc(COc4ccc(Cl)cc4)cc3)no2)CC1)NN=Cc1ccc(OCc2ccccc2)cc1O. The molecule has 48 heavy (non-hydrogen) atoms. The van der Waals surface area contributed by atoms with Gasteiger partial charge in [0, 0.05) is 48.4 Å². The molecule has 6 rings (SSSR count). The zero-order valence-corrected chi connectivity index (χ0v) is 26.9. The van der Waals surface area contributed by atoms with Crippen LogP contribution in [0.25, 0.3) is 11.4 Å². The number of piperazine rings is 1. The van der Waals surface area contributed by atoms with Crippen molar-refractivity contribution in [2.75, 3.05) is 32.7 Å². The first-order chi connectivity index (χ1) is 23.5. The van der Waals surface area contributed by atoms with Crippen LogP contribution in [0.3, 0.4) is 0 Å². The first-order valence-corrected chi connectivity index (χ1v) is 15.9. The minimum Gasteiger partial charge on any atom is -0.507 e. The number of carbonyl (C=O) groups is 1. The lowest BCUT2D eigenvalue weighted by Gasteiger charge is -2.33. The largest absolute Gasteiger partial charge is 0.507 e. The Balaban J connectivity index is 0.895. The molecule has 2 heterocycles. The lowest BCUT2D eigenvalue weighted by Crippen LogP contribution is -2.48. The highest BCUT2D eigenvalue weighted by Gasteiger charge is 2.21. The van der Waals surface area contributed by atoms with Gasteiger partial charge in [-0.3, -0.25) is 14.6 Å². The molecule has 1 aliphatic heterocycles. The van der Waals surface area contributed by atoms with E-state index in [9.17, 15) is 9.90 Å². The monoisotopic (exact) mass is 666 g/mol. The maximum atomic E-state index is 12.5. The van der Waals surface area contributed by atoms with Crippen LogP contribution in [0.1, 0.15) is 22.6 Å². The normalized spacial score (nSPS) is 13.9. The van der Waals surface area contributed by atoms with E-state index in [2.05, 4.69) is 30.5 Å². The number of halogens is 1. The molecule has 0 atom stereocenters. The van der Waals surface area contributed by atoms with Crippen molar-refractivity contribution in [3.05, 3.63) is 125 Å². The van der Waals surface area contributed by atoms with E-state index in [4.69, 9.17) is 25.6 Å². The van der Waals surface area contributed by atoms with Gasteiger partial charge in [-0.1, -0.05) is 71.4 Å². The molecule has 1 saturated heterocycles. The van der Waals surface area contributed by atoms with Gasteiger partial charge < -0.3 is 19.1 Å². The van der Waals surface area contributed by atoms with Crippen LogP contribution in [0, 0.1) is 0 Å². The molecule has 12 heteroatoms. The van der Waals surface area contributed by atoms with Crippen molar-refractivity contribution in [3.8, 4) is 28.6 Å². The number of aromatic nitrogens is 2. The minimum absolute atomic E-state index is 0.0114. The van der Waals surface area contributed by atoms with E-state index in [1.165, 1.54) is 12.3 Å². The first kappa shape index (κ1) is 32.7. The fraction of sp³-hybridized carbons (Fsp3) is 0.222. The summed E-state index contributed by atoms with van der Waals surface area (Å²) in [6.07, 6.45) is 1.41. The van der Waals surface area contributed by atoms with Crippen LogP contribution in [0.15, 0.2) is 107 Å². The molecule has 0 unspecified atom stereocenters. The van der Waals surface area contributed by atoms with Crippen LogP contribution >= 0.6 is 11.6 Å². The maximum Gasteiger partial charge on any atom is 0.254 e. The summed E-state index contributed by atoms with van der Waals surface area (Å²) in [5, 5.41) is 19.2. The van der Waals surface area contributed by atoms with Gasteiger partial charge in [0.1, 0.15) is 30.5 Å². The number of nitrogens with zero attached hydrogens (tertiary/aromatic N) is 5. The number of nitrogens with one attached hydrogen (secondary N) is 1. The quantitative estimate of drug-likeness (QED) is 0.123. The first-order valence-electron chi connectivity index (χ1n) is 15.5. The predicted octanol–water partition coefficient (Wildman–Crippen LogP) is 5.52. The summed E-state index contributed by atoms with van der Waals surface area (Å²) in [5.74, 6) is 2.15. The highest BCUT2D eigenvalue weighted by Crippen LogP contribution is 2.23. The Bertz CT molecular complexity index is 1810. The summed E-state index contributed by atoms with van der Waals surface area (Å²) < 4.78 is 17.1. The number of ether oxygens (including phenoxy) is 2. The molecular weight excluding hydrogens is 632 g/mol. The molecule has 1 fully saturated rings. The molecule has 1 aliphatic rings. The maximum absolute atomic E-state index is 12.5. The number of rotatable bonds is 13. The summed E-state index contributed by atoms with van der Waals surface area (Å²) in [4.78, 5) is 21.4. The predicted molar refractivity (Wildman–Crippen MR) is 182 cm³/mol. The molecule has 11 nitrogen and oxygen atoms in total. The number of phenols is 1. The molecule has 0 radical (unpaired) electrons. The van der Waals surface area contributed by atoms with E-state index in [1.54, 1.807) is 24.3 Å². The van der Waals surface area contributed by atoms with Gasteiger partial charge in [-0.05, 0) is 47.5 Å². The van der Waals surface area contributed by atoms with Crippen molar-refractivity contribution in [2.24, 2.45) is 5.10 Å². The second-order valence-electron chi connectivity index (χ2n) is 11.3. The summed E-state index contributed by atoms with van der Waals surface area (Å²) in [7, 11) is 0. The van der Waals surface area contributed by atoms with Gasteiger partial charge in [0.05, 0.1) is 19.3 Å². The average molecular weight is 667 g/mol. The van der Waals surface area contributed by atoms with Crippen molar-refractivity contribution in [3.63, 3.8) is 0 Å². The number of benzene rings is 4. The third-order valence-corrected chi connectivity index (χ3v) is 7.99. The smallest absolute Gasteiger partial charge is 0.254 e. The number of carbonyl (C=O) groups excluding carboxylic acids is 1. The molecule has 0 spiro atoms. The minimum atomic E-state index is -0.230. The Morgan fingerprint density at radius 2 is 1.54 bits per heavy atom. The molecule has 246 valence electrons. The van der Waals surface area contributed by atoms with Crippen molar-refractivity contribution >= 4 is 23.7 Å². The molecule has 4 aromatic carbocycles. The Morgan fingerprint density at radius 1 is 0.875 bits per heavy atom. The number of hydrogen-bond donors (Lipinski definition) is 2. The Labute approximate surface area is 283 Å². The van der Waals surface area contributed by atoms with Crippen LogP contribution < -0.4 is 14.9 Å². The average Bonchev–Trinajstić information content (AvgIpc) is 3.58. The second kappa shape index (κ2) is 16.1. The molecule has 1 amide bonds. The summed E-state index contributed by atoms with van der Waals surface area (Å²) in [6.45, 7) is 4.51. The fourth-order valence-electron chi connectivity index (χ4n) is 5.06. The van der Waals surface area contributed by atoms with Gasteiger partial charge in [0.2, 0.25) is 11.7 Å². The highest BCUT2D eigenvalue weighted by atomic mass is 35.5. The Kier molecular flexibility index (Phi) is 10.9. The van der Waals surface area contributed by atoms with Crippen LogP contribution in [-0.4, -0.2) is 69.9 Å². The lowest BCUT2D eigenvalue weighted by molar-refractivity contribution is -0.122. The van der Waals surface area contributed by atoms with E-state index in [1.807, 2.05) is 66.7 Å². The van der Waals surface area contributed by atoms with Crippen molar-refractivity contribution < 1.29 is 23.9 Å². The third kappa shape index (κ3) is 9.41. The topological polar surface area (TPSA) is 126 Å². The summed E-state index contributed by atoms with van der Waals surface area (Å²) in [5.41, 5.74) is 5.92. The number of aromatic hydroxyl groups is 1. The van der Waals surface area contributed by atoms with E-state index >= 15 is 0 Å².